The van der Waals surface area contributed by atoms with E-state index < -0.39 is 23.1 Å². The molecule has 12 heteroatoms. The van der Waals surface area contributed by atoms with Gasteiger partial charge >= 0.3 is 0 Å². The van der Waals surface area contributed by atoms with Crippen LogP contribution >= 0.6 is 0 Å². The van der Waals surface area contributed by atoms with Gasteiger partial charge in [-0.3, -0.25) is 14.6 Å². The van der Waals surface area contributed by atoms with Gasteiger partial charge in [-0.2, -0.15) is 5.10 Å². The van der Waals surface area contributed by atoms with Crippen LogP contribution in [0.4, 0.5) is 14.6 Å². The molecule has 2 aromatic carbocycles. The van der Waals surface area contributed by atoms with E-state index in [0.717, 1.165) is 78.4 Å². The molecule has 0 unspecified atom stereocenters. The van der Waals surface area contributed by atoms with Crippen LogP contribution in [0.1, 0.15) is 53.6 Å². The smallest absolute Gasteiger partial charge is 0.279 e. The maximum atomic E-state index is 13.5. The van der Waals surface area contributed by atoms with Crippen molar-refractivity contribution in [1.29, 1.82) is 0 Å². The first kappa shape index (κ1) is 31.7. The standard InChI is InChI=1S/C29H26F2N6O2.C4H9NO/c30-23-10-8-20(15-24(23)31)18-37-29(39)22(12-14-34-37)28(38)32-13-4-5-19-9-11-25-26(16-19)36-27(17-33-25)35-21-6-2-1-3-7-21;1-3-6-4-2-5-1/h8-12,14-17,21H,1-3,6-7,13,18H2,(H,32,38)(H,35,36);5H,1-4H2. The number of morpholine rings is 1. The Morgan fingerprint density at radius 3 is 2.58 bits per heavy atom. The Morgan fingerprint density at radius 1 is 1.02 bits per heavy atom. The number of hydrogen-bond acceptors (Lipinski definition) is 8. The molecule has 1 aliphatic carbocycles. The first-order valence-electron chi connectivity index (χ1n) is 15.1. The van der Waals surface area contributed by atoms with Crippen molar-refractivity contribution in [3.05, 3.63) is 93.5 Å². The molecule has 2 aliphatic rings. The Labute approximate surface area is 259 Å². The fourth-order valence-corrected chi connectivity index (χ4v) is 5.04. The maximum absolute atomic E-state index is 13.5. The van der Waals surface area contributed by atoms with E-state index >= 15 is 0 Å². The summed E-state index contributed by atoms with van der Waals surface area (Å²) in [5.41, 5.74) is 1.76. The van der Waals surface area contributed by atoms with Gasteiger partial charge in [-0.25, -0.2) is 18.4 Å². The van der Waals surface area contributed by atoms with Crippen LogP contribution in [-0.4, -0.2) is 64.5 Å². The van der Waals surface area contributed by atoms with Gasteiger partial charge in [0.2, 0.25) is 0 Å². The predicted molar refractivity (Wildman–Crippen MR) is 167 cm³/mol. The van der Waals surface area contributed by atoms with Gasteiger partial charge in [-0.1, -0.05) is 37.2 Å². The summed E-state index contributed by atoms with van der Waals surface area (Å²) in [6, 6.07) is 10.6. The Balaban J connectivity index is 0.000000598. The second kappa shape index (κ2) is 15.8. The first-order valence-corrected chi connectivity index (χ1v) is 15.1. The van der Waals surface area contributed by atoms with E-state index in [1.165, 1.54) is 37.6 Å². The summed E-state index contributed by atoms with van der Waals surface area (Å²) >= 11 is 0. The van der Waals surface area contributed by atoms with Crippen LogP contribution in [0.2, 0.25) is 0 Å². The molecule has 2 fully saturated rings. The van der Waals surface area contributed by atoms with E-state index in [2.05, 4.69) is 42.9 Å². The molecule has 1 saturated heterocycles. The lowest BCUT2D eigenvalue weighted by Crippen LogP contribution is -2.34. The second-order valence-electron chi connectivity index (χ2n) is 10.7. The summed E-state index contributed by atoms with van der Waals surface area (Å²) in [5.74, 6) is 4.01. The molecule has 0 spiro atoms. The van der Waals surface area contributed by atoms with Gasteiger partial charge in [-0.05, 0) is 54.8 Å². The summed E-state index contributed by atoms with van der Waals surface area (Å²) in [5, 5.41) is 13.2. The third kappa shape index (κ3) is 9.14. The highest BCUT2D eigenvalue weighted by molar-refractivity contribution is 5.93. The predicted octanol–water partition coefficient (Wildman–Crippen LogP) is 3.65. The molecule has 1 amide bonds. The number of amides is 1. The fraction of sp³-hybridized carbons (Fsp3) is 0.364. The van der Waals surface area contributed by atoms with Crippen molar-refractivity contribution in [1.82, 2.24) is 30.4 Å². The molecular formula is C33H35F2N7O3. The second-order valence-corrected chi connectivity index (χ2v) is 10.7. The highest BCUT2D eigenvalue weighted by Crippen LogP contribution is 2.21. The van der Waals surface area contributed by atoms with E-state index in [4.69, 9.17) is 4.74 Å². The van der Waals surface area contributed by atoms with Crippen molar-refractivity contribution < 1.29 is 18.3 Å². The number of nitrogens with zero attached hydrogens (tertiary/aromatic N) is 4. The van der Waals surface area contributed by atoms with E-state index in [-0.39, 0.29) is 18.7 Å². The Hall–Kier alpha value is -4.73. The van der Waals surface area contributed by atoms with E-state index in [9.17, 15) is 18.4 Å². The normalized spacial score (nSPS) is 14.9. The molecule has 234 valence electrons. The molecule has 4 aromatic rings. The minimum Gasteiger partial charge on any atom is -0.379 e. The molecule has 3 N–H and O–H groups in total. The average molecular weight is 616 g/mol. The van der Waals surface area contributed by atoms with E-state index in [1.807, 2.05) is 18.2 Å². The molecule has 10 nitrogen and oxygen atoms in total. The lowest BCUT2D eigenvalue weighted by atomic mass is 9.95. The number of ether oxygens (including phenoxy) is 1. The van der Waals surface area contributed by atoms with E-state index in [0.29, 0.717) is 11.6 Å². The minimum absolute atomic E-state index is 0.0107. The average Bonchev–Trinajstić information content (AvgIpc) is 3.07. The molecule has 3 heterocycles. The third-order valence-corrected chi connectivity index (χ3v) is 7.39. The highest BCUT2D eigenvalue weighted by atomic mass is 19.2. The number of carbonyl (C=O) groups is 1. The molecule has 1 saturated carbocycles. The van der Waals surface area contributed by atoms with Crippen molar-refractivity contribution in [3.8, 4) is 11.8 Å². The van der Waals surface area contributed by atoms with Crippen LogP contribution in [0.5, 0.6) is 0 Å². The van der Waals surface area contributed by atoms with Crippen molar-refractivity contribution in [3.63, 3.8) is 0 Å². The van der Waals surface area contributed by atoms with Crippen molar-refractivity contribution in [2.75, 3.05) is 38.2 Å². The van der Waals surface area contributed by atoms with Crippen LogP contribution in [-0.2, 0) is 11.3 Å². The van der Waals surface area contributed by atoms with Crippen molar-refractivity contribution >= 4 is 22.8 Å². The number of anilines is 1. The number of rotatable bonds is 6. The molecule has 45 heavy (non-hydrogen) atoms. The lowest BCUT2D eigenvalue weighted by molar-refractivity contribution is 0.0956. The monoisotopic (exact) mass is 615 g/mol. The number of carbonyl (C=O) groups excluding carboxylic acids is 1. The van der Waals surface area contributed by atoms with Gasteiger partial charge in [0.15, 0.2) is 11.6 Å². The Bertz CT molecular complexity index is 1730. The van der Waals surface area contributed by atoms with E-state index in [1.54, 1.807) is 6.20 Å². The van der Waals surface area contributed by atoms with Gasteiger partial charge in [-0.15, -0.1) is 0 Å². The van der Waals surface area contributed by atoms with Gasteiger partial charge in [0, 0.05) is 30.9 Å². The molecule has 0 bridgehead atoms. The number of aromatic nitrogens is 4. The molecule has 0 radical (unpaired) electrons. The van der Waals surface area contributed by atoms with Gasteiger partial charge < -0.3 is 20.7 Å². The number of fused-ring (bicyclic) bond motifs is 1. The third-order valence-electron chi connectivity index (χ3n) is 7.39. The molecule has 0 atom stereocenters. The van der Waals surface area contributed by atoms with Crippen molar-refractivity contribution in [2.24, 2.45) is 0 Å². The minimum atomic E-state index is -1.02. The molecular weight excluding hydrogens is 580 g/mol. The van der Waals surface area contributed by atoms with Crippen LogP contribution in [0.25, 0.3) is 11.0 Å². The molecule has 2 aromatic heterocycles. The fourth-order valence-electron chi connectivity index (χ4n) is 5.04. The summed E-state index contributed by atoms with van der Waals surface area (Å²) in [4.78, 5) is 34.5. The van der Waals surface area contributed by atoms with Crippen LogP contribution < -0.4 is 21.5 Å². The topological polar surface area (TPSA) is 123 Å². The quantitative estimate of drug-likeness (QED) is 0.281. The van der Waals surface area contributed by atoms with Crippen molar-refractivity contribution in [2.45, 2.75) is 44.7 Å². The zero-order valence-electron chi connectivity index (χ0n) is 24.8. The summed E-state index contributed by atoms with van der Waals surface area (Å²) in [7, 11) is 0. The summed E-state index contributed by atoms with van der Waals surface area (Å²) < 4.78 is 32.7. The number of benzene rings is 2. The van der Waals surface area contributed by atoms with Crippen LogP contribution in [0.3, 0.4) is 0 Å². The van der Waals surface area contributed by atoms with Crippen LogP contribution in [0, 0.1) is 23.5 Å². The zero-order chi connectivity index (χ0) is 31.4. The summed E-state index contributed by atoms with van der Waals surface area (Å²) in [6.45, 7) is 3.73. The number of halogens is 2. The first-order chi connectivity index (χ1) is 22.0. The highest BCUT2D eigenvalue weighted by Gasteiger charge is 2.15. The van der Waals surface area contributed by atoms with Gasteiger partial charge in [0.05, 0.1) is 43.5 Å². The Kier molecular flexibility index (Phi) is 11.1. The SMILES string of the molecule is C1COCCN1.O=C(NCC#Cc1ccc2ncc(NC3CCCCC3)nc2c1)c1ccnn(Cc2ccc(F)c(F)c2)c1=O. The summed E-state index contributed by atoms with van der Waals surface area (Å²) in [6.07, 6.45) is 9.06. The van der Waals surface area contributed by atoms with Gasteiger partial charge in [0.25, 0.3) is 11.5 Å². The molecule has 1 aliphatic heterocycles. The zero-order valence-corrected chi connectivity index (χ0v) is 24.8. The van der Waals surface area contributed by atoms with Crippen LogP contribution in [0.15, 0.2) is 59.7 Å². The lowest BCUT2D eigenvalue weighted by Gasteiger charge is -2.23. The molecule has 6 rings (SSSR count). The number of nitrogens with one attached hydrogen (secondary N) is 3. The Morgan fingerprint density at radius 2 is 1.84 bits per heavy atom. The van der Waals surface area contributed by atoms with Gasteiger partial charge in [0.1, 0.15) is 11.4 Å². The maximum Gasteiger partial charge on any atom is 0.279 e. The largest absolute Gasteiger partial charge is 0.379 e. The number of hydrogen-bond donors (Lipinski definition) is 3.